The predicted octanol–water partition coefficient (Wildman–Crippen LogP) is 6.86. The van der Waals surface area contributed by atoms with Gasteiger partial charge in [-0.25, -0.2) is 4.79 Å². The molecular weight excluding hydrogens is 467 g/mol. The Kier molecular flexibility index (Phi) is 7.77. The van der Waals surface area contributed by atoms with Gasteiger partial charge in [0, 0.05) is 11.3 Å². The normalized spacial score (nSPS) is 14.8. The molecule has 0 aliphatic carbocycles. The van der Waals surface area contributed by atoms with E-state index >= 15 is 0 Å². The molecule has 2 aromatic carbocycles. The minimum atomic E-state index is -4.33. The van der Waals surface area contributed by atoms with Crippen LogP contribution in [-0.2, 0) is 16.0 Å². The van der Waals surface area contributed by atoms with Crippen molar-refractivity contribution >= 4 is 23.6 Å². The monoisotopic (exact) mass is 497 g/mol. The molecule has 1 atom stereocenters. The van der Waals surface area contributed by atoms with Gasteiger partial charge in [-0.3, -0.25) is 0 Å². The van der Waals surface area contributed by atoms with Crippen LogP contribution in [0.1, 0.15) is 55.5 Å². The van der Waals surface area contributed by atoms with Crippen molar-refractivity contribution in [2.45, 2.75) is 65.3 Å². The quantitative estimate of drug-likeness (QED) is 0.408. The number of carboxylic acid groups (broad SMARTS) is 1. The van der Waals surface area contributed by atoms with Gasteiger partial charge in [-0.05, 0) is 105 Å². The van der Waals surface area contributed by atoms with Gasteiger partial charge in [-0.1, -0.05) is 6.07 Å². The number of benzene rings is 2. The number of halogens is 3. The minimum absolute atomic E-state index is 0.425. The van der Waals surface area contributed by atoms with E-state index in [9.17, 15) is 23.1 Å². The number of rotatable bonds is 7. The second-order valence-electron chi connectivity index (χ2n) is 9.38. The third kappa shape index (κ3) is 6.39. The zero-order chi connectivity index (χ0) is 25.3. The summed E-state index contributed by atoms with van der Waals surface area (Å²) in [4.78, 5) is 12.4. The summed E-state index contributed by atoms with van der Waals surface area (Å²) in [6.07, 6.45) is -3.89. The standard InChI is InChI=1S/C25H30F3NO4S/c1-14-11-18(29-34-13-25(26,27)28)15(2)21(22(23(30)31)33-24(3,4)5)20(14)17-8-9-19-16(12-17)7-6-10-32-19/h8-9,11-12,22,29H,6-7,10,13H2,1-5H3,(H,30,31). The van der Waals surface area contributed by atoms with Crippen LogP contribution in [0.4, 0.5) is 18.9 Å². The Bertz CT molecular complexity index is 1060. The molecule has 1 aliphatic heterocycles. The lowest BCUT2D eigenvalue weighted by molar-refractivity contribution is -0.160. The van der Waals surface area contributed by atoms with Crippen LogP contribution >= 0.6 is 11.9 Å². The lowest BCUT2D eigenvalue weighted by atomic mass is 9.86. The first-order valence-electron chi connectivity index (χ1n) is 11.0. The molecule has 0 spiro atoms. The maximum absolute atomic E-state index is 12.7. The first-order valence-corrected chi connectivity index (χ1v) is 12.0. The van der Waals surface area contributed by atoms with Crippen LogP contribution in [0.25, 0.3) is 11.1 Å². The Morgan fingerprint density at radius 2 is 1.94 bits per heavy atom. The van der Waals surface area contributed by atoms with Crippen molar-refractivity contribution in [2.24, 2.45) is 0 Å². The molecule has 1 aliphatic rings. The molecule has 0 bridgehead atoms. The number of fused-ring (bicyclic) bond motifs is 1. The van der Waals surface area contributed by atoms with Crippen molar-refractivity contribution in [1.82, 2.24) is 0 Å². The number of carbonyl (C=O) groups is 1. The number of nitrogens with one attached hydrogen (secondary N) is 1. The number of hydrogen-bond donors (Lipinski definition) is 2. The summed E-state index contributed by atoms with van der Waals surface area (Å²) < 4.78 is 52.5. The summed E-state index contributed by atoms with van der Waals surface area (Å²) in [6.45, 7) is 9.49. The number of hydrogen-bond acceptors (Lipinski definition) is 5. The van der Waals surface area contributed by atoms with E-state index in [1.165, 1.54) is 0 Å². The van der Waals surface area contributed by atoms with Crippen LogP contribution in [0.15, 0.2) is 24.3 Å². The van der Waals surface area contributed by atoms with Crippen molar-refractivity contribution in [3.8, 4) is 16.9 Å². The lowest BCUT2D eigenvalue weighted by Gasteiger charge is -2.30. The van der Waals surface area contributed by atoms with Crippen LogP contribution in [-0.4, -0.2) is 35.2 Å². The fourth-order valence-electron chi connectivity index (χ4n) is 4.06. The highest BCUT2D eigenvalue weighted by molar-refractivity contribution is 8.00. The summed E-state index contributed by atoms with van der Waals surface area (Å²) in [5.74, 6) is -1.43. The summed E-state index contributed by atoms with van der Waals surface area (Å²) in [5.41, 5.74) is 3.91. The highest BCUT2D eigenvalue weighted by atomic mass is 32.2. The van der Waals surface area contributed by atoms with E-state index in [4.69, 9.17) is 9.47 Å². The molecule has 0 saturated carbocycles. The number of aryl methyl sites for hydroxylation is 2. The van der Waals surface area contributed by atoms with Crippen LogP contribution in [0.2, 0.25) is 0 Å². The summed E-state index contributed by atoms with van der Waals surface area (Å²) >= 11 is 0.519. The lowest BCUT2D eigenvalue weighted by Crippen LogP contribution is -2.28. The van der Waals surface area contributed by atoms with Gasteiger partial charge in [0.1, 0.15) is 11.5 Å². The molecular formula is C25H30F3NO4S. The third-order valence-electron chi connectivity index (χ3n) is 5.41. The maximum atomic E-state index is 12.7. The Hall–Kier alpha value is -2.39. The second kappa shape index (κ2) is 10.1. The molecule has 0 saturated heterocycles. The molecule has 186 valence electrons. The van der Waals surface area contributed by atoms with Crippen LogP contribution in [0.5, 0.6) is 5.75 Å². The van der Waals surface area contributed by atoms with Gasteiger partial charge in [0.25, 0.3) is 0 Å². The molecule has 0 aromatic heterocycles. The van der Waals surface area contributed by atoms with Crippen LogP contribution in [0.3, 0.4) is 0 Å². The number of ether oxygens (including phenoxy) is 2. The van der Waals surface area contributed by atoms with Gasteiger partial charge in [0.05, 0.1) is 12.2 Å². The molecule has 0 amide bonds. The number of carboxylic acids is 1. The van der Waals surface area contributed by atoms with E-state index < -0.39 is 29.6 Å². The number of anilines is 1. The fourth-order valence-corrected chi connectivity index (χ4v) is 4.66. The van der Waals surface area contributed by atoms with E-state index in [0.29, 0.717) is 40.9 Å². The van der Waals surface area contributed by atoms with Crippen molar-refractivity contribution in [1.29, 1.82) is 0 Å². The average Bonchev–Trinajstić information content (AvgIpc) is 2.72. The molecule has 34 heavy (non-hydrogen) atoms. The van der Waals surface area contributed by atoms with E-state index in [2.05, 4.69) is 4.72 Å². The SMILES string of the molecule is Cc1cc(NSCC(F)(F)F)c(C)c(C(OC(C)(C)C)C(=O)O)c1-c1ccc2c(c1)CCCO2. The number of aliphatic carboxylic acids is 1. The Balaban J connectivity index is 2.17. The predicted molar refractivity (Wildman–Crippen MR) is 129 cm³/mol. The van der Waals surface area contributed by atoms with Gasteiger partial charge in [-0.2, -0.15) is 13.2 Å². The van der Waals surface area contributed by atoms with E-state index in [1.807, 2.05) is 25.1 Å². The molecule has 0 fully saturated rings. The first kappa shape index (κ1) is 26.2. The maximum Gasteiger partial charge on any atom is 0.399 e. The topological polar surface area (TPSA) is 67.8 Å². The van der Waals surface area contributed by atoms with Crippen LogP contribution < -0.4 is 9.46 Å². The summed E-state index contributed by atoms with van der Waals surface area (Å²) in [5, 5.41) is 10.1. The second-order valence-corrected chi connectivity index (χ2v) is 10.2. The molecule has 9 heteroatoms. The molecule has 5 nitrogen and oxygen atoms in total. The fraction of sp³-hybridized carbons (Fsp3) is 0.480. The van der Waals surface area contributed by atoms with Gasteiger partial charge < -0.3 is 19.3 Å². The zero-order valence-electron chi connectivity index (χ0n) is 19.9. The highest BCUT2D eigenvalue weighted by Gasteiger charge is 2.33. The van der Waals surface area contributed by atoms with Crippen molar-refractivity contribution in [3.05, 3.63) is 46.5 Å². The Morgan fingerprint density at radius 1 is 1.24 bits per heavy atom. The molecule has 3 rings (SSSR count). The first-order chi connectivity index (χ1) is 15.8. The van der Waals surface area contributed by atoms with E-state index in [0.717, 1.165) is 35.3 Å². The van der Waals surface area contributed by atoms with Crippen molar-refractivity contribution in [3.63, 3.8) is 0 Å². The van der Waals surface area contributed by atoms with Gasteiger partial charge in [0.15, 0.2) is 6.10 Å². The van der Waals surface area contributed by atoms with Crippen molar-refractivity contribution in [2.75, 3.05) is 17.1 Å². The van der Waals surface area contributed by atoms with E-state index in [1.54, 1.807) is 33.8 Å². The Morgan fingerprint density at radius 3 is 2.56 bits per heavy atom. The third-order valence-corrected chi connectivity index (χ3v) is 6.24. The zero-order valence-corrected chi connectivity index (χ0v) is 20.7. The minimum Gasteiger partial charge on any atom is -0.493 e. The molecule has 1 unspecified atom stereocenters. The largest absolute Gasteiger partial charge is 0.493 e. The van der Waals surface area contributed by atoms with Gasteiger partial charge in [0.2, 0.25) is 0 Å². The Labute approximate surface area is 202 Å². The molecule has 2 aromatic rings. The van der Waals surface area contributed by atoms with E-state index in [-0.39, 0.29) is 0 Å². The van der Waals surface area contributed by atoms with Crippen LogP contribution in [0, 0.1) is 13.8 Å². The number of alkyl halides is 3. The molecule has 1 heterocycles. The summed E-state index contributed by atoms with van der Waals surface area (Å²) in [7, 11) is 0. The van der Waals surface area contributed by atoms with Gasteiger partial charge in [-0.15, -0.1) is 0 Å². The van der Waals surface area contributed by atoms with Gasteiger partial charge >= 0.3 is 12.1 Å². The van der Waals surface area contributed by atoms with Crippen molar-refractivity contribution < 1.29 is 32.5 Å². The molecule has 0 radical (unpaired) electrons. The highest BCUT2D eigenvalue weighted by Crippen LogP contribution is 2.42. The smallest absolute Gasteiger partial charge is 0.399 e. The average molecular weight is 498 g/mol. The summed E-state index contributed by atoms with van der Waals surface area (Å²) in [6, 6.07) is 7.52. The molecule has 2 N–H and O–H groups in total.